The molecule has 2 rings (SSSR count). The summed E-state index contributed by atoms with van der Waals surface area (Å²) in [5.74, 6) is 1.71. The van der Waals surface area contributed by atoms with Crippen LogP contribution in [0.15, 0.2) is 27.9 Å². The topological polar surface area (TPSA) is 50.3 Å². The Kier molecular flexibility index (Phi) is 3.64. The first-order chi connectivity index (χ1) is 9.32. The van der Waals surface area contributed by atoms with E-state index in [1.165, 1.54) is 4.68 Å². The molecule has 0 amide bonds. The molecule has 0 aromatic carbocycles. The average Bonchev–Trinajstić information content (AvgIpc) is 2.81. The molecule has 5 heteroatoms. The maximum Gasteiger partial charge on any atom is 0.274 e. The molecule has 0 fully saturated rings. The Bertz CT molecular complexity index is 682. The molecule has 0 unspecified atom stereocenters. The number of allylic oxidation sites excluding steroid dienone is 2. The van der Waals surface area contributed by atoms with Gasteiger partial charge in [-0.3, -0.25) is 14.6 Å². The van der Waals surface area contributed by atoms with Gasteiger partial charge in [0.2, 0.25) is 5.88 Å². The summed E-state index contributed by atoms with van der Waals surface area (Å²) in [4.78, 5) is 14.0. The van der Waals surface area contributed by atoms with Gasteiger partial charge < -0.3 is 9.64 Å². The lowest BCUT2D eigenvalue weighted by molar-refractivity contribution is 0.268. The van der Waals surface area contributed by atoms with Gasteiger partial charge in [-0.1, -0.05) is 19.6 Å². The van der Waals surface area contributed by atoms with Crippen LogP contribution in [0, 0.1) is 0 Å². The lowest BCUT2D eigenvalue weighted by Gasteiger charge is -2.09. The Balaban J connectivity index is 2.46. The quantitative estimate of drug-likeness (QED) is 0.844. The molecule has 1 N–H and O–H groups in total. The van der Waals surface area contributed by atoms with Gasteiger partial charge in [0.15, 0.2) is 0 Å². The highest BCUT2D eigenvalue weighted by atomic mass is 16.5. The molecule has 0 aliphatic carbocycles. The molecule has 0 spiro atoms. The van der Waals surface area contributed by atoms with Gasteiger partial charge in [-0.25, -0.2) is 0 Å². The van der Waals surface area contributed by atoms with Gasteiger partial charge in [0.05, 0.1) is 11.3 Å². The van der Waals surface area contributed by atoms with Gasteiger partial charge in [-0.15, -0.1) is 0 Å². The second-order valence-corrected chi connectivity index (χ2v) is 5.35. The van der Waals surface area contributed by atoms with Gasteiger partial charge in [0, 0.05) is 25.9 Å². The number of aryl methyl sites for hydroxylation is 1. The second kappa shape index (κ2) is 5.10. The van der Waals surface area contributed by atoms with E-state index in [0.29, 0.717) is 11.4 Å². The number of aromatic amines is 1. The highest BCUT2D eigenvalue weighted by Gasteiger charge is 2.19. The first-order valence-electron chi connectivity index (χ1n) is 6.67. The summed E-state index contributed by atoms with van der Waals surface area (Å²) in [6, 6.07) is 0. The van der Waals surface area contributed by atoms with Crippen LogP contribution in [0.5, 0.6) is 0 Å². The molecule has 0 saturated heterocycles. The van der Waals surface area contributed by atoms with Crippen molar-refractivity contribution in [2.75, 3.05) is 7.05 Å². The van der Waals surface area contributed by atoms with E-state index in [-0.39, 0.29) is 11.5 Å². The van der Waals surface area contributed by atoms with Crippen molar-refractivity contribution < 1.29 is 4.74 Å². The number of ether oxygens (including phenoxy) is 1. The predicted molar refractivity (Wildman–Crippen MR) is 78.8 cm³/mol. The Morgan fingerprint density at radius 1 is 1.30 bits per heavy atom. The van der Waals surface area contributed by atoms with Gasteiger partial charge in [-0.05, 0) is 19.8 Å². The van der Waals surface area contributed by atoms with Crippen molar-refractivity contribution >= 4 is 6.08 Å². The summed E-state index contributed by atoms with van der Waals surface area (Å²) in [5, 5.41) is 3.08. The number of H-pyrrole nitrogens is 1. The molecule has 0 atom stereocenters. The van der Waals surface area contributed by atoms with Crippen LogP contribution < -0.4 is 5.56 Å². The molecule has 0 saturated carbocycles. The van der Waals surface area contributed by atoms with Gasteiger partial charge in [0.1, 0.15) is 5.76 Å². The average molecular weight is 275 g/mol. The molecule has 5 nitrogen and oxygen atoms in total. The molecular formula is C15H21N3O2. The van der Waals surface area contributed by atoms with Crippen molar-refractivity contribution in [3.8, 4) is 0 Å². The van der Waals surface area contributed by atoms with Crippen molar-refractivity contribution in [2.24, 2.45) is 7.05 Å². The molecule has 1 aromatic rings. The third-order valence-electron chi connectivity index (χ3n) is 3.60. The van der Waals surface area contributed by atoms with Crippen LogP contribution in [-0.4, -0.2) is 21.7 Å². The zero-order valence-electron chi connectivity index (χ0n) is 12.9. The van der Waals surface area contributed by atoms with Crippen molar-refractivity contribution in [3.05, 3.63) is 44.7 Å². The van der Waals surface area contributed by atoms with Crippen molar-refractivity contribution in [3.63, 3.8) is 0 Å². The minimum atomic E-state index is -0.0520. The molecule has 1 aliphatic rings. The fourth-order valence-electron chi connectivity index (χ4n) is 2.10. The number of hydrogen-bond donors (Lipinski definition) is 1. The molecule has 1 aliphatic heterocycles. The zero-order chi connectivity index (χ0) is 15.0. The molecular weight excluding hydrogens is 254 g/mol. The number of hydrogen-bond acceptors (Lipinski definition) is 3. The van der Waals surface area contributed by atoms with Crippen LogP contribution in [0.25, 0.3) is 6.08 Å². The third-order valence-corrected chi connectivity index (χ3v) is 3.60. The second-order valence-electron chi connectivity index (χ2n) is 5.35. The van der Waals surface area contributed by atoms with Crippen LogP contribution in [0.1, 0.15) is 44.9 Å². The fraction of sp³-hybridized carbons (Fsp3) is 0.467. The highest BCUT2D eigenvalue weighted by molar-refractivity contribution is 5.51. The summed E-state index contributed by atoms with van der Waals surface area (Å²) < 4.78 is 7.10. The predicted octanol–water partition coefficient (Wildman–Crippen LogP) is 2.50. The van der Waals surface area contributed by atoms with E-state index in [1.807, 2.05) is 39.6 Å². The van der Waals surface area contributed by atoms with Crippen LogP contribution in [0.3, 0.4) is 0 Å². The Labute approximate surface area is 118 Å². The third kappa shape index (κ3) is 2.32. The maximum atomic E-state index is 12.1. The molecule has 2 heterocycles. The largest absolute Gasteiger partial charge is 0.437 e. The maximum absolute atomic E-state index is 12.1. The molecule has 108 valence electrons. The summed E-state index contributed by atoms with van der Waals surface area (Å²) in [6.07, 6.45) is 1.70. The number of aromatic nitrogens is 2. The van der Waals surface area contributed by atoms with E-state index in [1.54, 1.807) is 13.1 Å². The first-order valence-corrected chi connectivity index (χ1v) is 6.67. The Hall–Kier alpha value is -2.13. The first kappa shape index (κ1) is 14.3. The van der Waals surface area contributed by atoms with E-state index in [9.17, 15) is 4.79 Å². The van der Waals surface area contributed by atoms with E-state index < -0.39 is 0 Å². The summed E-state index contributed by atoms with van der Waals surface area (Å²) in [6.45, 7) is 7.99. The molecule has 20 heavy (non-hydrogen) atoms. The van der Waals surface area contributed by atoms with Crippen molar-refractivity contribution in [1.29, 1.82) is 0 Å². The Morgan fingerprint density at radius 2 is 1.95 bits per heavy atom. The van der Waals surface area contributed by atoms with Crippen LogP contribution in [0.2, 0.25) is 0 Å². The van der Waals surface area contributed by atoms with E-state index in [2.05, 4.69) is 10.8 Å². The highest BCUT2D eigenvalue weighted by Crippen LogP contribution is 2.25. The summed E-state index contributed by atoms with van der Waals surface area (Å²) in [7, 11) is 3.63. The standard InChI is InChI=1S/C15H21N3O2/c1-9(2)14-12(15(19)18(6)16-14)7-8-13-17(5)10(3)11(4)20-13/h7,9,16H,1-6H3. The lowest BCUT2D eigenvalue weighted by atomic mass is 10.1. The molecule has 1 aromatic heterocycles. The zero-order valence-corrected chi connectivity index (χ0v) is 12.9. The normalized spacial score (nSPS) is 14.9. The SMILES string of the molecule is CC1=C(C)N(C)C(=C=Cc2c(C(C)C)[nH]n(C)c2=O)O1. The minimum absolute atomic E-state index is 0.0520. The van der Waals surface area contributed by atoms with Crippen LogP contribution >= 0.6 is 0 Å². The molecule has 0 bridgehead atoms. The van der Waals surface area contributed by atoms with Gasteiger partial charge in [-0.2, -0.15) is 0 Å². The number of nitrogens with zero attached hydrogens (tertiary/aromatic N) is 2. The summed E-state index contributed by atoms with van der Waals surface area (Å²) in [5.41, 5.74) is 5.62. The van der Waals surface area contributed by atoms with Crippen molar-refractivity contribution in [1.82, 2.24) is 14.7 Å². The lowest BCUT2D eigenvalue weighted by Crippen LogP contribution is -2.13. The van der Waals surface area contributed by atoms with E-state index in [0.717, 1.165) is 17.2 Å². The summed E-state index contributed by atoms with van der Waals surface area (Å²) >= 11 is 0. The van der Waals surface area contributed by atoms with Crippen molar-refractivity contribution in [2.45, 2.75) is 33.6 Å². The fourth-order valence-corrected chi connectivity index (χ4v) is 2.10. The monoisotopic (exact) mass is 275 g/mol. The Morgan fingerprint density at radius 3 is 2.45 bits per heavy atom. The van der Waals surface area contributed by atoms with E-state index in [4.69, 9.17) is 4.74 Å². The smallest absolute Gasteiger partial charge is 0.274 e. The molecule has 0 radical (unpaired) electrons. The van der Waals surface area contributed by atoms with E-state index >= 15 is 0 Å². The van der Waals surface area contributed by atoms with Gasteiger partial charge >= 0.3 is 0 Å². The number of nitrogens with one attached hydrogen (secondary N) is 1. The number of rotatable bonds is 2. The van der Waals surface area contributed by atoms with Crippen LogP contribution in [0.4, 0.5) is 0 Å². The van der Waals surface area contributed by atoms with Gasteiger partial charge in [0.25, 0.3) is 5.56 Å². The minimum Gasteiger partial charge on any atom is -0.437 e. The van der Waals surface area contributed by atoms with Crippen LogP contribution in [-0.2, 0) is 11.8 Å².